The number of nitrogens with one attached hydrogen (secondary N) is 1. The monoisotopic (exact) mass is 274 g/mol. The zero-order valence-electron chi connectivity index (χ0n) is 9.30. The molecule has 0 aliphatic carbocycles. The summed E-state index contributed by atoms with van der Waals surface area (Å²) in [6.45, 7) is 0.122. The molecule has 0 amide bonds. The zero-order chi connectivity index (χ0) is 13.3. The molecular weight excluding hydrogens is 263 g/mol. The minimum Gasteiger partial charge on any atom is -0.258 e. The van der Waals surface area contributed by atoms with Gasteiger partial charge in [-0.1, -0.05) is 0 Å². The van der Waals surface area contributed by atoms with Gasteiger partial charge in [0.05, 0.1) is 16.7 Å². The molecule has 0 saturated carbocycles. The third kappa shape index (κ3) is 2.65. The Labute approximate surface area is 103 Å². The molecule has 1 atom stereocenters. The van der Waals surface area contributed by atoms with Crippen LogP contribution in [-0.2, 0) is 10.0 Å². The van der Waals surface area contributed by atoms with Gasteiger partial charge >= 0.3 is 0 Å². The maximum absolute atomic E-state index is 13.7. The number of nitro benzene ring substituents is 1. The number of nitrogens with zero attached hydrogens (tertiary/aromatic N) is 1. The molecule has 6 nitrogen and oxygen atoms in total. The number of nitro groups is 1. The van der Waals surface area contributed by atoms with E-state index in [4.69, 9.17) is 0 Å². The van der Waals surface area contributed by atoms with E-state index in [2.05, 4.69) is 4.72 Å². The highest BCUT2D eigenvalue weighted by Gasteiger charge is 2.26. The first-order valence-electron chi connectivity index (χ1n) is 5.30. The third-order valence-corrected chi connectivity index (χ3v) is 4.30. The van der Waals surface area contributed by atoms with Crippen molar-refractivity contribution in [1.29, 1.82) is 0 Å². The van der Waals surface area contributed by atoms with Crippen LogP contribution in [0.1, 0.15) is 17.9 Å². The summed E-state index contributed by atoms with van der Waals surface area (Å²) in [5, 5.41) is 10.5. The van der Waals surface area contributed by atoms with Crippen LogP contribution in [0.5, 0.6) is 0 Å². The number of halogens is 1. The lowest BCUT2D eigenvalue weighted by Gasteiger charge is -2.23. The van der Waals surface area contributed by atoms with E-state index in [1.54, 1.807) is 0 Å². The maximum Gasteiger partial charge on any atom is 0.272 e. The SMILES string of the molecule is O=[N+]([O-])c1ccc(C2CCS(=O)(=O)NC2)c(F)c1. The molecular formula is C10H11FN2O4S. The van der Waals surface area contributed by atoms with Crippen LogP contribution in [-0.4, -0.2) is 25.6 Å². The average Bonchev–Trinajstić information content (AvgIpc) is 2.29. The second kappa shape index (κ2) is 4.62. The molecule has 0 radical (unpaired) electrons. The quantitative estimate of drug-likeness (QED) is 0.647. The molecule has 0 bridgehead atoms. The lowest BCUT2D eigenvalue weighted by Crippen LogP contribution is -2.37. The van der Waals surface area contributed by atoms with Crippen molar-refractivity contribution in [3.05, 3.63) is 39.7 Å². The topological polar surface area (TPSA) is 89.3 Å². The van der Waals surface area contributed by atoms with Crippen LogP contribution in [0.25, 0.3) is 0 Å². The van der Waals surface area contributed by atoms with Crippen molar-refractivity contribution in [2.75, 3.05) is 12.3 Å². The average molecular weight is 274 g/mol. The zero-order valence-corrected chi connectivity index (χ0v) is 10.1. The van der Waals surface area contributed by atoms with Crippen molar-refractivity contribution in [2.45, 2.75) is 12.3 Å². The number of benzene rings is 1. The van der Waals surface area contributed by atoms with Crippen molar-refractivity contribution >= 4 is 15.7 Å². The molecule has 0 aromatic heterocycles. The summed E-state index contributed by atoms with van der Waals surface area (Å²) in [7, 11) is -3.24. The molecule has 1 aromatic rings. The summed E-state index contributed by atoms with van der Waals surface area (Å²) in [5.74, 6) is -1.02. The van der Waals surface area contributed by atoms with Gasteiger partial charge in [0.2, 0.25) is 10.0 Å². The minimum absolute atomic E-state index is 0.0614. The van der Waals surface area contributed by atoms with Gasteiger partial charge in [-0.25, -0.2) is 17.5 Å². The number of rotatable bonds is 2. The minimum atomic E-state index is -3.24. The van der Waals surface area contributed by atoms with Crippen molar-refractivity contribution in [2.24, 2.45) is 0 Å². The van der Waals surface area contributed by atoms with Crippen LogP contribution in [0.2, 0.25) is 0 Å². The van der Waals surface area contributed by atoms with E-state index in [-0.39, 0.29) is 23.9 Å². The van der Waals surface area contributed by atoms with E-state index in [1.807, 2.05) is 0 Å². The summed E-state index contributed by atoms with van der Waals surface area (Å²) in [4.78, 5) is 9.80. The van der Waals surface area contributed by atoms with Gasteiger partial charge < -0.3 is 0 Å². The van der Waals surface area contributed by atoms with Gasteiger partial charge in [0, 0.05) is 18.5 Å². The van der Waals surface area contributed by atoms with Crippen LogP contribution in [0, 0.1) is 15.9 Å². The van der Waals surface area contributed by atoms with Crippen molar-refractivity contribution in [3.8, 4) is 0 Å². The molecule has 8 heteroatoms. The molecule has 1 heterocycles. The Bertz CT molecular complexity index is 574. The molecule has 18 heavy (non-hydrogen) atoms. The van der Waals surface area contributed by atoms with Crippen LogP contribution in [0.4, 0.5) is 10.1 Å². The second-order valence-electron chi connectivity index (χ2n) is 4.12. The highest BCUT2D eigenvalue weighted by Crippen LogP contribution is 2.27. The van der Waals surface area contributed by atoms with E-state index in [0.717, 1.165) is 6.07 Å². The summed E-state index contributed by atoms with van der Waals surface area (Å²) in [6, 6.07) is 3.43. The van der Waals surface area contributed by atoms with E-state index in [9.17, 15) is 22.9 Å². The van der Waals surface area contributed by atoms with Gasteiger partial charge in [-0.3, -0.25) is 10.1 Å². The fourth-order valence-corrected chi connectivity index (χ4v) is 3.12. The Morgan fingerprint density at radius 1 is 1.44 bits per heavy atom. The first-order chi connectivity index (χ1) is 8.39. The van der Waals surface area contributed by atoms with Gasteiger partial charge in [-0.05, 0) is 18.1 Å². The standard InChI is InChI=1S/C10H11FN2O4S/c11-10-5-8(13(14)15)1-2-9(10)7-3-4-18(16,17)12-6-7/h1-2,5,7,12H,3-4,6H2. The van der Waals surface area contributed by atoms with Crippen LogP contribution < -0.4 is 4.72 Å². The smallest absolute Gasteiger partial charge is 0.258 e. The number of sulfonamides is 1. The van der Waals surface area contributed by atoms with E-state index in [0.29, 0.717) is 12.0 Å². The van der Waals surface area contributed by atoms with E-state index < -0.39 is 20.8 Å². The van der Waals surface area contributed by atoms with Gasteiger partial charge in [-0.15, -0.1) is 0 Å². The second-order valence-corrected chi connectivity index (χ2v) is 6.04. The number of hydrogen-bond donors (Lipinski definition) is 1. The van der Waals surface area contributed by atoms with E-state index >= 15 is 0 Å². The first kappa shape index (κ1) is 12.9. The molecule has 0 spiro atoms. The van der Waals surface area contributed by atoms with Gasteiger partial charge in [0.15, 0.2) is 0 Å². The predicted octanol–water partition coefficient (Wildman–Crippen LogP) is 1.14. The fraction of sp³-hybridized carbons (Fsp3) is 0.400. The Hall–Kier alpha value is -1.54. The molecule has 98 valence electrons. The predicted molar refractivity (Wildman–Crippen MR) is 62.2 cm³/mol. The number of hydrogen-bond acceptors (Lipinski definition) is 4. The molecule has 1 aliphatic rings. The van der Waals surface area contributed by atoms with Crippen molar-refractivity contribution in [3.63, 3.8) is 0 Å². The highest BCUT2D eigenvalue weighted by atomic mass is 32.2. The highest BCUT2D eigenvalue weighted by molar-refractivity contribution is 7.89. The normalized spacial score (nSPS) is 22.6. The van der Waals surface area contributed by atoms with Gasteiger partial charge in [0.1, 0.15) is 5.82 Å². The van der Waals surface area contributed by atoms with E-state index in [1.165, 1.54) is 12.1 Å². The Morgan fingerprint density at radius 3 is 2.67 bits per heavy atom. The summed E-state index contributed by atoms with van der Waals surface area (Å²) < 4.78 is 38.4. The molecule has 1 aliphatic heterocycles. The summed E-state index contributed by atoms with van der Waals surface area (Å²) in [6.07, 6.45) is 0.310. The lowest BCUT2D eigenvalue weighted by atomic mass is 9.95. The maximum atomic E-state index is 13.7. The Kier molecular flexibility index (Phi) is 3.31. The van der Waals surface area contributed by atoms with Crippen molar-refractivity contribution < 1.29 is 17.7 Å². The molecule has 1 aromatic carbocycles. The first-order valence-corrected chi connectivity index (χ1v) is 6.95. The van der Waals surface area contributed by atoms with Gasteiger partial charge in [0.25, 0.3) is 5.69 Å². The van der Waals surface area contributed by atoms with Crippen LogP contribution in [0.15, 0.2) is 18.2 Å². The molecule has 1 unspecified atom stereocenters. The van der Waals surface area contributed by atoms with Crippen LogP contribution in [0.3, 0.4) is 0 Å². The summed E-state index contributed by atoms with van der Waals surface area (Å²) >= 11 is 0. The Morgan fingerprint density at radius 2 is 2.17 bits per heavy atom. The fourth-order valence-electron chi connectivity index (χ4n) is 1.93. The molecule has 1 N–H and O–H groups in total. The number of non-ortho nitro benzene ring substituents is 1. The van der Waals surface area contributed by atoms with Gasteiger partial charge in [-0.2, -0.15) is 0 Å². The third-order valence-electron chi connectivity index (χ3n) is 2.92. The largest absolute Gasteiger partial charge is 0.272 e. The molecule has 2 rings (SSSR count). The summed E-state index contributed by atoms with van der Waals surface area (Å²) in [5.41, 5.74) is -0.00404. The van der Waals surface area contributed by atoms with Crippen molar-refractivity contribution in [1.82, 2.24) is 4.72 Å². The molecule has 1 saturated heterocycles. The Balaban J connectivity index is 2.22. The lowest BCUT2D eigenvalue weighted by molar-refractivity contribution is -0.385. The molecule has 1 fully saturated rings. The van der Waals surface area contributed by atoms with Crippen LogP contribution >= 0.6 is 0 Å².